The Morgan fingerprint density at radius 3 is 1.90 bits per heavy atom. The number of benzene rings is 1. The van der Waals surface area contributed by atoms with Gasteiger partial charge in [0.25, 0.3) is 0 Å². The summed E-state index contributed by atoms with van der Waals surface area (Å²) in [6.07, 6.45) is 18.7. The molecule has 0 saturated heterocycles. The van der Waals surface area contributed by atoms with Gasteiger partial charge in [0.2, 0.25) is 0 Å². The predicted molar refractivity (Wildman–Crippen MR) is 130 cm³/mol. The molecule has 1 saturated carbocycles. The van der Waals surface area contributed by atoms with Crippen LogP contribution in [0, 0.1) is 6.92 Å². The van der Waals surface area contributed by atoms with E-state index in [1.165, 1.54) is 70.6 Å². The van der Waals surface area contributed by atoms with E-state index in [9.17, 15) is 5.11 Å². The van der Waals surface area contributed by atoms with Crippen molar-refractivity contribution >= 4 is 23.2 Å². The summed E-state index contributed by atoms with van der Waals surface area (Å²) in [5.74, 6) is 0.979. The summed E-state index contributed by atoms with van der Waals surface area (Å²) in [5.41, 5.74) is 3.22. The zero-order valence-corrected chi connectivity index (χ0v) is 23.2. The Bertz CT molecular complexity index is 593. The Morgan fingerprint density at radius 2 is 1.43 bits per heavy atom. The van der Waals surface area contributed by atoms with Crippen molar-refractivity contribution in [1.82, 2.24) is 0 Å². The fraction of sp³-hybridized carbons (Fsp3) is 0.720. The molecule has 1 N–H and O–H groups in total. The molecule has 0 atom stereocenters. The Balaban J connectivity index is 0.00000141. The van der Waals surface area contributed by atoms with Crippen molar-refractivity contribution in [3.05, 3.63) is 28.8 Å². The van der Waals surface area contributed by atoms with E-state index < -0.39 is 20.8 Å². The van der Waals surface area contributed by atoms with Crippen LogP contribution in [0.4, 0.5) is 0 Å². The molecule has 30 heavy (non-hydrogen) atoms. The van der Waals surface area contributed by atoms with Crippen LogP contribution in [0.2, 0.25) is 0 Å². The van der Waals surface area contributed by atoms with Gasteiger partial charge in [-0.15, -0.1) is 0 Å². The van der Waals surface area contributed by atoms with Crippen molar-refractivity contribution in [2.45, 2.75) is 116 Å². The first-order valence-corrected chi connectivity index (χ1v) is 18.2. The van der Waals surface area contributed by atoms with Crippen molar-refractivity contribution in [3.8, 4) is 5.75 Å². The maximum atomic E-state index is 11.1. The van der Waals surface area contributed by atoms with Gasteiger partial charge in [0, 0.05) is 17.8 Å². The summed E-state index contributed by atoms with van der Waals surface area (Å²) in [5, 5.41) is 11.1. The number of aryl methyl sites for hydroxylation is 1. The molecule has 1 fully saturated rings. The summed E-state index contributed by atoms with van der Waals surface area (Å²) < 4.78 is 0. The molecule has 2 nitrogen and oxygen atoms in total. The van der Waals surface area contributed by atoms with Gasteiger partial charge in [-0.3, -0.25) is 4.99 Å². The standard InChI is InChI=1S/C25H41NO.2ClH.Zr/c1-4-22(5-2)26-19-24-20(3)17-18-23(25(24)27)21-15-13-11-9-7-6-8-10-12-14-16-21;;;/h17-19,21-22,27H,4-16H2,1-3H3;2*1H;/q;;;+2/p-2. The molecule has 0 spiro atoms. The van der Waals surface area contributed by atoms with Crippen LogP contribution in [-0.4, -0.2) is 17.4 Å². The minimum atomic E-state index is -0.826. The molecule has 170 valence electrons. The van der Waals surface area contributed by atoms with E-state index in [1.54, 1.807) is 0 Å². The molecule has 0 bridgehead atoms. The molecule has 1 aromatic rings. The van der Waals surface area contributed by atoms with E-state index in [-0.39, 0.29) is 0 Å². The SMILES string of the molecule is CCC(CC)N=Cc1c(C)ccc(C2CCCCCCCCCCC2)c1O.[Cl][Zr][Cl]. The fourth-order valence-corrected chi connectivity index (χ4v) is 4.37. The van der Waals surface area contributed by atoms with Gasteiger partial charge in [-0.05, 0) is 49.7 Å². The first-order valence-electron chi connectivity index (χ1n) is 11.9. The Hall–Kier alpha value is 0.153. The molecule has 2 rings (SSSR count). The van der Waals surface area contributed by atoms with Crippen LogP contribution >= 0.6 is 17.0 Å². The number of rotatable bonds is 5. The van der Waals surface area contributed by atoms with E-state index in [4.69, 9.17) is 22.0 Å². The topological polar surface area (TPSA) is 32.6 Å². The zero-order valence-electron chi connectivity index (χ0n) is 19.2. The third-order valence-electron chi connectivity index (χ3n) is 6.37. The second kappa shape index (κ2) is 17.7. The average Bonchev–Trinajstić information content (AvgIpc) is 2.72. The van der Waals surface area contributed by atoms with Gasteiger partial charge in [-0.1, -0.05) is 83.8 Å². The first kappa shape index (κ1) is 28.2. The molecule has 0 aliphatic heterocycles. The second-order valence-corrected chi connectivity index (χ2v) is 12.2. The predicted octanol–water partition coefficient (Wildman–Crippen LogP) is 9.07. The molecular formula is C25H41Cl2NOZr. The van der Waals surface area contributed by atoms with E-state index >= 15 is 0 Å². The summed E-state index contributed by atoms with van der Waals surface area (Å²) in [6, 6.07) is 4.71. The Labute approximate surface area is 203 Å². The number of phenolic OH excluding ortho intramolecular Hbond substituents is 1. The van der Waals surface area contributed by atoms with Crippen LogP contribution in [-0.2, 0) is 20.8 Å². The van der Waals surface area contributed by atoms with Crippen LogP contribution in [0.25, 0.3) is 0 Å². The van der Waals surface area contributed by atoms with Crippen molar-refractivity contribution in [3.63, 3.8) is 0 Å². The van der Waals surface area contributed by atoms with Crippen LogP contribution in [0.5, 0.6) is 5.75 Å². The summed E-state index contributed by atoms with van der Waals surface area (Å²) in [6.45, 7) is 6.44. The van der Waals surface area contributed by atoms with E-state index in [0.717, 1.165) is 29.5 Å². The van der Waals surface area contributed by atoms with E-state index in [0.29, 0.717) is 17.7 Å². The monoisotopic (exact) mass is 531 g/mol. The first-order chi connectivity index (χ1) is 14.6. The van der Waals surface area contributed by atoms with Crippen molar-refractivity contribution in [2.24, 2.45) is 4.99 Å². The van der Waals surface area contributed by atoms with Gasteiger partial charge < -0.3 is 5.11 Å². The van der Waals surface area contributed by atoms with Gasteiger partial charge in [-0.25, -0.2) is 0 Å². The van der Waals surface area contributed by atoms with Gasteiger partial charge in [0.15, 0.2) is 0 Å². The molecule has 1 aliphatic rings. The molecule has 5 heteroatoms. The molecule has 0 amide bonds. The van der Waals surface area contributed by atoms with Gasteiger partial charge in [0.05, 0.1) is 0 Å². The fourth-order valence-electron chi connectivity index (χ4n) is 4.37. The summed E-state index contributed by atoms with van der Waals surface area (Å²) in [4.78, 5) is 4.74. The van der Waals surface area contributed by atoms with E-state index in [1.807, 2.05) is 6.21 Å². The van der Waals surface area contributed by atoms with Gasteiger partial charge in [0.1, 0.15) is 5.75 Å². The van der Waals surface area contributed by atoms with Gasteiger partial charge in [-0.2, -0.15) is 0 Å². The maximum absolute atomic E-state index is 11.1. The van der Waals surface area contributed by atoms with Crippen LogP contribution in [0.1, 0.15) is 120 Å². The number of aliphatic imine (C=N–C) groups is 1. The van der Waals surface area contributed by atoms with E-state index in [2.05, 4.69) is 32.9 Å². The zero-order chi connectivity index (χ0) is 22.2. The molecule has 0 radical (unpaired) electrons. The second-order valence-electron chi connectivity index (χ2n) is 8.51. The molecule has 0 unspecified atom stereocenters. The number of aromatic hydroxyl groups is 1. The molecule has 1 aromatic carbocycles. The van der Waals surface area contributed by atoms with Crippen LogP contribution in [0.3, 0.4) is 0 Å². The van der Waals surface area contributed by atoms with Crippen molar-refractivity contribution < 1.29 is 26.0 Å². The van der Waals surface area contributed by atoms with Crippen LogP contribution < -0.4 is 0 Å². The average molecular weight is 534 g/mol. The third-order valence-corrected chi connectivity index (χ3v) is 6.37. The molecular weight excluding hydrogens is 492 g/mol. The normalized spacial score (nSPS) is 17.1. The Morgan fingerprint density at radius 1 is 0.967 bits per heavy atom. The molecule has 0 aromatic heterocycles. The quantitative estimate of drug-likeness (QED) is 0.376. The minimum absolute atomic E-state index is 0.355. The van der Waals surface area contributed by atoms with Crippen LogP contribution in [0.15, 0.2) is 17.1 Å². The number of phenols is 1. The number of nitrogens with zero attached hydrogens (tertiary/aromatic N) is 1. The van der Waals surface area contributed by atoms with Crippen molar-refractivity contribution in [1.29, 1.82) is 0 Å². The summed E-state index contributed by atoms with van der Waals surface area (Å²) >= 11 is -0.826. The van der Waals surface area contributed by atoms with Crippen molar-refractivity contribution in [2.75, 3.05) is 0 Å². The Kier molecular flexibility index (Phi) is 16.6. The third kappa shape index (κ3) is 10.6. The van der Waals surface area contributed by atoms with Gasteiger partial charge >= 0.3 is 37.9 Å². The molecule has 1 aliphatic carbocycles. The number of hydrogen-bond acceptors (Lipinski definition) is 2. The number of hydrogen-bond donors (Lipinski definition) is 1. The summed E-state index contributed by atoms with van der Waals surface area (Å²) in [7, 11) is 9.87. The number of halogens is 2. The molecule has 0 heterocycles.